The van der Waals surface area contributed by atoms with Crippen LogP contribution >= 0.6 is 0 Å². The molecule has 0 radical (unpaired) electrons. The van der Waals surface area contributed by atoms with Crippen LogP contribution in [0.4, 0.5) is 5.69 Å². The molecule has 0 amide bonds. The van der Waals surface area contributed by atoms with E-state index < -0.39 is 0 Å². The fraction of sp³-hybridized carbons (Fsp3) is 0.0526. The number of nitrogens with two attached hydrogens (primary N) is 1. The van der Waals surface area contributed by atoms with Crippen molar-refractivity contribution in [1.29, 1.82) is 0 Å². The van der Waals surface area contributed by atoms with Crippen LogP contribution < -0.4 is 5.73 Å². The molecule has 1 aliphatic carbocycles. The number of rotatable bonds is 4. The molecular weight excluding hydrogens is 470 g/mol. The Balaban J connectivity index is 1.43. The molecule has 0 aliphatic heterocycles. The van der Waals surface area contributed by atoms with E-state index in [0.717, 1.165) is 18.5 Å². The highest BCUT2D eigenvalue weighted by atomic mass is 14.5. The summed E-state index contributed by atoms with van der Waals surface area (Å²) in [7, 11) is 0. The highest BCUT2D eigenvalue weighted by molar-refractivity contribution is 6.11. The highest BCUT2D eigenvalue weighted by Gasteiger charge is 2.22. The van der Waals surface area contributed by atoms with E-state index in [4.69, 9.17) is 5.73 Å². The van der Waals surface area contributed by atoms with Gasteiger partial charge in [-0.3, -0.25) is 0 Å². The Morgan fingerprint density at radius 3 is 1.56 bits per heavy atom. The van der Waals surface area contributed by atoms with E-state index in [9.17, 15) is 0 Å². The van der Waals surface area contributed by atoms with Crippen LogP contribution in [0.1, 0.15) is 17.5 Å². The normalized spacial score (nSPS) is 12.4. The van der Waals surface area contributed by atoms with E-state index in [-0.39, 0.29) is 0 Å². The smallest absolute Gasteiger partial charge is 0.0320 e. The van der Waals surface area contributed by atoms with Crippen LogP contribution in [0.15, 0.2) is 133 Å². The molecule has 0 saturated heterocycles. The molecule has 0 aromatic heterocycles. The Labute approximate surface area is 229 Å². The second kappa shape index (κ2) is 9.78. The summed E-state index contributed by atoms with van der Waals surface area (Å²) in [5.74, 6) is 0. The molecule has 0 spiro atoms. The minimum absolute atomic E-state index is 0.793. The second-order valence-corrected chi connectivity index (χ2v) is 10.3. The molecule has 1 heteroatoms. The van der Waals surface area contributed by atoms with Crippen molar-refractivity contribution in [2.75, 3.05) is 5.73 Å². The summed E-state index contributed by atoms with van der Waals surface area (Å²) in [4.78, 5) is 0. The molecular formula is C38H29N. The van der Waals surface area contributed by atoms with Gasteiger partial charge in [-0.2, -0.15) is 0 Å². The van der Waals surface area contributed by atoms with Gasteiger partial charge in [0, 0.05) is 5.69 Å². The number of fused-ring (bicyclic) bond motifs is 2. The van der Waals surface area contributed by atoms with Gasteiger partial charge in [0.1, 0.15) is 0 Å². The maximum Gasteiger partial charge on any atom is 0.0320 e. The van der Waals surface area contributed by atoms with Gasteiger partial charge in [-0.1, -0.05) is 127 Å². The van der Waals surface area contributed by atoms with Gasteiger partial charge in [0.25, 0.3) is 0 Å². The second-order valence-electron chi connectivity index (χ2n) is 10.3. The molecule has 2 N–H and O–H groups in total. The lowest BCUT2D eigenvalue weighted by atomic mass is 9.80. The average molecular weight is 500 g/mol. The standard InChI is InChI=1S/C38H29N/c39-32-23-24-35-36(25-32)38(31-21-17-29(18-22-31)27-11-5-2-6-12-27)34-14-8-7-13-33(34)37(35)30-19-15-28(16-20-30)26-9-3-1-4-10-26/h1-7,9-13,15-25H,8,14,39H2. The third-order valence-electron chi connectivity index (χ3n) is 7.89. The summed E-state index contributed by atoms with van der Waals surface area (Å²) in [6, 6.07) is 45.6. The summed E-state index contributed by atoms with van der Waals surface area (Å²) in [5, 5.41) is 2.46. The van der Waals surface area contributed by atoms with E-state index in [2.05, 4.69) is 133 Å². The highest BCUT2D eigenvalue weighted by Crippen LogP contribution is 2.45. The van der Waals surface area contributed by atoms with Crippen molar-refractivity contribution in [3.8, 4) is 44.5 Å². The van der Waals surface area contributed by atoms with E-state index in [1.54, 1.807) is 0 Å². The molecule has 39 heavy (non-hydrogen) atoms. The molecule has 0 heterocycles. The minimum Gasteiger partial charge on any atom is -0.399 e. The number of allylic oxidation sites excluding steroid dienone is 1. The van der Waals surface area contributed by atoms with E-state index >= 15 is 0 Å². The summed E-state index contributed by atoms with van der Waals surface area (Å²) in [6.45, 7) is 0. The van der Waals surface area contributed by atoms with Gasteiger partial charge in [-0.25, -0.2) is 0 Å². The summed E-state index contributed by atoms with van der Waals surface area (Å²) >= 11 is 0. The third-order valence-corrected chi connectivity index (χ3v) is 7.89. The monoisotopic (exact) mass is 499 g/mol. The SMILES string of the molecule is Nc1ccc2c(-c3ccc(-c4ccccc4)cc3)c3c(c(-c4ccc(-c5ccccc5)cc4)c2c1)CCC=C3. The predicted molar refractivity (Wildman–Crippen MR) is 167 cm³/mol. The van der Waals surface area contributed by atoms with Crippen LogP contribution in [0.25, 0.3) is 61.4 Å². The molecule has 0 bridgehead atoms. The van der Waals surface area contributed by atoms with Crippen molar-refractivity contribution in [1.82, 2.24) is 0 Å². The lowest BCUT2D eigenvalue weighted by Gasteiger charge is -2.24. The Morgan fingerprint density at radius 1 is 0.462 bits per heavy atom. The average Bonchev–Trinajstić information content (AvgIpc) is 3.01. The van der Waals surface area contributed by atoms with E-state index in [1.165, 1.54) is 66.4 Å². The number of anilines is 1. The molecule has 1 nitrogen and oxygen atoms in total. The molecule has 7 rings (SSSR count). The maximum absolute atomic E-state index is 6.41. The van der Waals surface area contributed by atoms with Gasteiger partial charge in [-0.15, -0.1) is 0 Å². The topological polar surface area (TPSA) is 26.0 Å². The predicted octanol–water partition coefficient (Wildman–Crippen LogP) is 10.0. The Kier molecular flexibility index (Phi) is 5.83. The van der Waals surface area contributed by atoms with Crippen molar-refractivity contribution >= 4 is 22.5 Å². The van der Waals surface area contributed by atoms with Crippen LogP contribution in [-0.2, 0) is 6.42 Å². The van der Waals surface area contributed by atoms with Crippen LogP contribution in [-0.4, -0.2) is 0 Å². The van der Waals surface area contributed by atoms with Crippen molar-refractivity contribution < 1.29 is 0 Å². The molecule has 0 unspecified atom stereocenters. The van der Waals surface area contributed by atoms with Crippen LogP contribution in [0, 0.1) is 0 Å². The van der Waals surface area contributed by atoms with Gasteiger partial charge in [0.05, 0.1) is 0 Å². The molecule has 0 fully saturated rings. The van der Waals surface area contributed by atoms with Crippen molar-refractivity contribution in [3.63, 3.8) is 0 Å². The fourth-order valence-electron chi connectivity index (χ4n) is 6.01. The zero-order chi connectivity index (χ0) is 26.2. The first-order valence-corrected chi connectivity index (χ1v) is 13.6. The quantitative estimate of drug-likeness (QED) is 0.240. The maximum atomic E-state index is 6.41. The Bertz CT molecular complexity index is 1810. The lowest BCUT2D eigenvalue weighted by molar-refractivity contribution is 0.991. The Hall–Kier alpha value is -4.88. The number of hydrogen-bond acceptors (Lipinski definition) is 1. The summed E-state index contributed by atoms with van der Waals surface area (Å²) < 4.78 is 0. The first-order valence-electron chi connectivity index (χ1n) is 13.6. The Morgan fingerprint density at radius 2 is 0.974 bits per heavy atom. The van der Waals surface area contributed by atoms with Crippen molar-refractivity contribution in [2.45, 2.75) is 12.8 Å². The van der Waals surface area contributed by atoms with E-state index in [1.807, 2.05) is 6.07 Å². The zero-order valence-corrected chi connectivity index (χ0v) is 21.8. The third kappa shape index (κ3) is 4.23. The number of nitrogen functional groups attached to an aromatic ring is 1. The lowest BCUT2D eigenvalue weighted by Crippen LogP contribution is -2.03. The summed E-state index contributed by atoms with van der Waals surface area (Å²) in [5.41, 5.74) is 19.9. The van der Waals surface area contributed by atoms with Crippen molar-refractivity contribution in [3.05, 3.63) is 145 Å². The first kappa shape index (κ1) is 23.3. The van der Waals surface area contributed by atoms with Gasteiger partial charge in [0.15, 0.2) is 0 Å². The number of hydrogen-bond donors (Lipinski definition) is 1. The summed E-state index contributed by atoms with van der Waals surface area (Å²) in [6.07, 6.45) is 6.70. The van der Waals surface area contributed by atoms with Crippen LogP contribution in [0.2, 0.25) is 0 Å². The molecule has 6 aromatic carbocycles. The fourth-order valence-corrected chi connectivity index (χ4v) is 6.01. The van der Waals surface area contributed by atoms with Gasteiger partial charge in [0.2, 0.25) is 0 Å². The van der Waals surface area contributed by atoms with Gasteiger partial charge >= 0.3 is 0 Å². The van der Waals surface area contributed by atoms with Crippen LogP contribution in [0.3, 0.4) is 0 Å². The first-order chi connectivity index (χ1) is 19.3. The van der Waals surface area contributed by atoms with Gasteiger partial charge < -0.3 is 5.73 Å². The van der Waals surface area contributed by atoms with Gasteiger partial charge in [-0.05, 0) is 91.4 Å². The minimum atomic E-state index is 0.793. The molecule has 6 aromatic rings. The largest absolute Gasteiger partial charge is 0.399 e. The molecule has 186 valence electrons. The molecule has 0 saturated carbocycles. The van der Waals surface area contributed by atoms with E-state index in [0.29, 0.717) is 0 Å². The van der Waals surface area contributed by atoms with Crippen LogP contribution in [0.5, 0.6) is 0 Å². The molecule has 1 aliphatic rings. The van der Waals surface area contributed by atoms with Crippen molar-refractivity contribution in [2.24, 2.45) is 0 Å². The number of benzene rings is 6. The molecule has 0 atom stereocenters. The zero-order valence-electron chi connectivity index (χ0n) is 21.8.